The molecule has 2 aromatic carbocycles. The predicted octanol–water partition coefficient (Wildman–Crippen LogP) is 4.46. The van der Waals surface area contributed by atoms with Crippen LogP contribution in [0.3, 0.4) is 0 Å². The summed E-state index contributed by atoms with van der Waals surface area (Å²) in [6, 6.07) is 16.3. The van der Waals surface area contributed by atoms with Crippen LogP contribution in [0.25, 0.3) is 5.70 Å². The van der Waals surface area contributed by atoms with Crippen LogP contribution in [0.4, 0.5) is 5.69 Å². The van der Waals surface area contributed by atoms with Gasteiger partial charge in [0.2, 0.25) is 0 Å². The third kappa shape index (κ3) is 3.86. The first-order valence-corrected chi connectivity index (χ1v) is 6.59. The molecule has 21 heavy (non-hydrogen) atoms. The Bertz CT molecular complexity index is 682. The number of allylic oxidation sites excluding steroid dienone is 1. The number of hydrogen-bond donors (Lipinski definition) is 0. The van der Waals surface area contributed by atoms with Gasteiger partial charge in [0.25, 0.3) is 5.69 Å². The van der Waals surface area contributed by atoms with E-state index in [1.165, 1.54) is 12.1 Å². The maximum atomic E-state index is 10.6. The number of hydrogen-bond acceptors (Lipinski definition) is 3. The van der Waals surface area contributed by atoms with Gasteiger partial charge in [-0.1, -0.05) is 35.9 Å². The highest BCUT2D eigenvalue weighted by molar-refractivity contribution is 5.86. The zero-order valence-corrected chi connectivity index (χ0v) is 12.0. The van der Waals surface area contributed by atoms with Crippen molar-refractivity contribution in [1.29, 1.82) is 0 Å². The topological polar surface area (TPSA) is 55.5 Å². The Balaban J connectivity index is 2.26. The summed E-state index contributed by atoms with van der Waals surface area (Å²) in [6.45, 7) is 4.02. The van der Waals surface area contributed by atoms with Crippen LogP contribution in [-0.2, 0) is 0 Å². The summed E-state index contributed by atoms with van der Waals surface area (Å²) in [5.74, 6) is 0. The second-order valence-corrected chi connectivity index (χ2v) is 4.82. The van der Waals surface area contributed by atoms with E-state index >= 15 is 0 Å². The summed E-state index contributed by atoms with van der Waals surface area (Å²) in [4.78, 5) is 14.7. The first-order valence-electron chi connectivity index (χ1n) is 6.59. The van der Waals surface area contributed by atoms with Gasteiger partial charge in [-0.25, -0.2) is 0 Å². The second-order valence-electron chi connectivity index (χ2n) is 4.82. The molecule has 0 unspecified atom stereocenters. The molecule has 0 aliphatic carbocycles. The van der Waals surface area contributed by atoms with E-state index in [-0.39, 0.29) is 5.69 Å². The van der Waals surface area contributed by atoms with E-state index in [1.54, 1.807) is 18.3 Å². The molecule has 0 aliphatic rings. The number of non-ortho nitro benzene ring substituents is 1. The van der Waals surface area contributed by atoms with Crippen molar-refractivity contribution in [2.24, 2.45) is 4.99 Å². The summed E-state index contributed by atoms with van der Waals surface area (Å²) in [6.07, 6.45) is 1.72. The number of nitro groups is 1. The monoisotopic (exact) mass is 280 g/mol. The van der Waals surface area contributed by atoms with Gasteiger partial charge in [0, 0.05) is 23.9 Å². The Morgan fingerprint density at radius 2 is 1.67 bits per heavy atom. The van der Waals surface area contributed by atoms with Gasteiger partial charge in [-0.2, -0.15) is 0 Å². The SMILES string of the molecule is CC(C)=C(N=Cc1ccc([N+](=O)[O-])cc1)c1ccccc1. The smallest absolute Gasteiger partial charge is 0.258 e. The van der Waals surface area contributed by atoms with Crippen LogP contribution in [0.5, 0.6) is 0 Å². The van der Waals surface area contributed by atoms with Gasteiger partial charge in [-0.05, 0) is 31.5 Å². The van der Waals surface area contributed by atoms with Crippen molar-refractivity contribution in [3.63, 3.8) is 0 Å². The summed E-state index contributed by atoms with van der Waals surface area (Å²) in [7, 11) is 0. The molecule has 2 rings (SSSR count). The van der Waals surface area contributed by atoms with Crippen LogP contribution >= 0.6 is 0 Å². The summed E-state index contributed by atoms with van der Waals surface area (Å²) in [5, 5.41) is 10.6. The van der Waals surface area contributed by atoms with Crippen molar-refractivity contribution >= 4 is 17.6 Å². The van der Waals surface area contributed by atoms with E-state index in [0.29, 0.717) is 0 Å². The number of benzene rings is 2. The Labute approximate surface area is 123 Å². The molecule has 0 aromatic heterocycles. The molecule has 106 valence electrons. The molecule has 4 heteroatoms. The number of aliphatic imine (C=N–C) groups is 1. The fourth-order valence-corrected chi connectivity index (χ4v) is 1.91. The van der Waals surface area contributed by atoms with Gasteiger partial charge in [0.05, 0.1) is 10.6 Å². The van der Waals surface area contributed by atoms with E-state index < -0.39 is 4.92 Å². The molecule has 0 amide bonds. The molecule has 0 saturated carbocycles. The van der Waals surface area contributed by atoms with Gasteiger partial charge < -0.3 is 0 Å². The minimum atomic E-state index is -0.410. The van der Waals surface area contributed by atoms with E-state index in [2.05, 4.69) is 4.99 Å². The van der Waals surface area contributed by atoms with Crippen LogP contribution in [0.15, 0.2) is 65.2 Å². The molecule has 0 saturated heterocycles. The highest BCUT2D eigenvalue weighted by atomic mass is 16.6. The van der Waals surface area contributed by atoms with Crippen molar-refractivity contribution in [2.45, 2.75) is 13.8 Å². The number of rotatable bonds is 4. The molecular formula is C17H16N2O2. The Morgan fingerprint density at radius 3 is 2.19 bits per heavy atom. The first kappa shape index (κ1) is 14.7. The van der Waals surface area contributed by atoms with Crippen LogP contribution in [-0.4, -0.2) is 11.1 Å². The largest absolute Gasteiger partial charge is 0.269 e. The normalized spacial score (nSPS) is 10.6. The highest BCUT2D eigenvalue weighted by Crippen LogP contribution is 2.20. The molecule has 0 atom stereocenters. The molecular weight excluding hydrogens is 264 g/mol. The van der Waals surface area contributed by atoms with E-state index in [9.17, 15) is 10.1 Å². The fourth-order valence-electron chi connectivity index (χ4n) is 1.91. The van der Waals surface area contributed by atoms with Gasteiger partial charge in [-0.15, -0.1) is 0 Å². The lowest BCUT2D eigenvalue weighted by atomic mass is 10.1. The van der Waals surface area contributed by atoms with Crippen LogP contribution < -0.4 is 0 Å². The van der Waals surface area contributed by atoms with Crippen LogP contribution in [0, 0.1) is 10.1 Å². The second kappa shape index (κ2) is 6.61. The summed E-state index contributed by atoms with van der Waals surface area (Å²) >= 11 is 0. The molecule has 0 bridgehead atoms. The average molecular weight is 280 g/mol. The lowest BCUT2D eigenvalue weighted by Gasteiger charge is -2.04. The van der Waals surface area contributed by atoms with Crippen molar-refractivity contribution < 1.29 is 4.92 Å². The van der Waals surface area contributed by atoms with Crippen molar-refractivity contribution in [1.82, 2.24) is 0 Å². The van der Waals surface area contributed by atoms with Crippen molar-refractivity contribution in [3.8, 4) is 0 Å². The number of nitrogens with zero attached hydrogens (tertiary/aromatic N) is 2. The Hall–Kier alpha value is -2.75. The van der Waals surface area contributed by atoms with Gasteiger partial charge >= 0.3 is 0 Å². The minimum absolute atomic E-state index is 0.0812. The molecule has 4 nitrogen and oxygen atoms in total. The summed E-state index contributed by atoms with van der Waals surface area (Å²) < 4.78 is 0. The number of nitro benzene ring substituents is 1. The van der Waals surface area contributed by atoms with Gasteiger partial charge in [0.1, 0.15) is 0 Å². The third-order valence-corrected chi connectivity index (χ3v) is 2.97. The molecule has 0 fully saturated rings. The highest BCUT2D eigenvalue weighted by Gasteiger charge is 2.04. The van der Waals surface area contributed by atoms with Gasteiger partial charge in [-0.3, -0.25) is 15.1 Å². The van der Waals surface area contributed by atoms with Gasteiger partial charge in [0.15, 0.2) is 0 Å². The molecule has 0 radical (unpaired) electrons. The Kier molecular flexibility index (Phi) is 4.61. The Morgan fingerprint density at radius 1 is 1.05 bits per heavy atom. The lowest BCUT2D eigenvalue weighted by Crippen LogP contribution is -1.89. The van der Waals surface area contributed by atoms with Crippen molar-refractivity contribution in [2.75, 3.05) is 0 Å². The zero-order chi connectivity index (χ0) is 15.2. The maximum absolute atomic E-state index is 10.6. The standard InChI is InChI=1S/C17H16N2O2/c1-13(2)17(15-6-4-3-5-7-15)18-12-14-8-10-16(11-9-14)19(20)21/h3-12H,1-2H3. The van der Waals surface area contributed by atoms with E-state index in [4.69, 9.17) is 0 Å². The molecule has 0 N–H and O–H groups in total. The van der Waals surface area contributed by atoms with E-state index in [1.807, 2.05) is 44.2 Å². The molecule has 0 spiro atoms. The van der Waals surface area contributed by atoms with Crippen molar-refractivity contribution in [3.05, 3.63) is 81.4 Å². The maximum Gasteiger partial charge on any atom is 0.269 e. The summed E-state index contributed by atoms with van der Waals surface area (Å²) in [5.41, 5.74) is 3.98. The molecule has 2 aromatic rings. The quantitative estimate of drug-likeness (QED) is 0.471. The third-order valence-electron chi connectivity index (χ3n) is 2.97. The van der Waals surface area contributed by atoms with Crippen LogP contribution in [0.1, 0.15) is 25.0 Å². The zero-order valence-electron chi connectivity index (χ0n) is 12.0. The lowest BCUT2D eigenvalue weighted by molar-refractivity contribution is -0.384. The first-order chi connectivity index (χ1) is 10.1. The predicted molar refractivity (Wildman–Crippen MR) is 85.4 cm³/mol. The van der Waals surface area contributed by atoms with Crippen LogP contribution in [0.2, 0.25) is 0 Å². The fraction of sp³-hybridized carbons (Fsp3) is 0.118. The van der Waals surface area contributed by atoms with E-state index in [0.717, 1.165) is 22.4 Å². The minimum Gasteiger partial charge on any atom is -0.258 e. The molecule has 0 aliphatic heterocycles. The molecule has 0 heterocycles. The average Bonchev–Trinajstić information content (AvgIpc) is 2.48.